The molecule has 0 fully saturated rings. The number of benzene rings is 1. The molecular formula is C18H19N3O4. The molecule has 0 unspecified atom stereocenters. The number of fused-ring (bicyclic) bond motifs is 1. The minimum absolute atomic E-state index is 0.0563. The summed E-state index contributed by atoms with van der Waals surface area (Å²) in [7, 11) is 3.19. The molecule has 1 N–H and O–H groups in total. The molecular weight excluding hydrogens is 322 g/mol. The third-order valence-corrected chi connectivity index (χ3v) is 4.22. The lowest BCUT2D eigenvalue weighted by Gasteiger charge is -2.18. The number of aromatic nitrogens is 2. The van der Waals surface area contributed by atoms with Crippen LogP contribution in [-0.4, -0.2) is 38.7 Å². The van der Waals surface area contributed by atoms with Crippen molar-refractivity contribution in [1.82, 2.24) is 14.7 Å². The monoisotopic (exact) mass is 341 g/mol. The summed E-state index contributed by atoms with van der Waals surface area (Å²) in [6.07, 6.45) is 1.90. The Bertz CT molecular complexity index is 955. The van der Waals surface area contributed by atoms with E-state index >= 15 is 0 Å². The molecule has 130 valence electrons. The summed E-state index contributed by atoms with van der Waals surface area (Å²) in [6.45, 7) is 2.32. The standard InChI is InChI=1S/C18H19N3O4/c1-4-14-13(11-7-5-6-8-15(11)25-14)10-20(2)17(22)16-12(18(23)24)9-19-21(16)3/h5-9H,4,10H2,1-3H3,(H,23,24). The molecule has 3 aromatic rings. The number of hydrogen-bond donors (Lipinski definition) is 1. The molecule has 0 radical (unpaired) electrons. The van der Waals surface area contributed by atoms with Crippen LogP contribution in [0.1, 0.15) is 39.1 Å². The van der Waals surface area contributed by atoms with E-state index < -0.39 is 11.9 Å². The number of para-hydroxylation sites is 1. The number of amides is 1. The van der Waals surface area contributed by atoms with Crippen molar-refractivity contribution in [1.29, 1.82) is 0 Å². The number of carbonyl (C=O) groups is 2. The average molecular weight is 341 g/mol. The van der Waals surface area contributed by atoms with Gasteiger partial charge in [-0.15, -0.1) is 0 Å². The zero-order chi connectivity index (χ0) is 18.1. The number of carbonyl (C=O) groups excluding carboxylic acids is 1. The quantitative estimate of drug-likeness (QED) is 0.771. The summed E-state index contributed by atoms with van der Waals surface area (Å²) in [5.74, 6) is -0.748. The first kappa shape index (κ1) is 16.8. The Morgan fingerprint density at radius 2 is 2.04 bits per heavy atom. The first-order valence-corrected chi connectivity index (χ1v) is 7.94. The van der Waals surface area contributed by atoms with Crippen LogP contribution in [-0.2, 0) is 20.0 Å². The van der Waals surface area contributed by atoms with Gasteiger partial charge >= 0.3 is 5.97 Å². The van der Waals surface area contributed by atoms with E-state index in [-0.39, 0.29) is 11.3 Å². The number of aryl methyl sites for hydroxylation is 2. The maximum absolute atomic E-state index is 12.8. The fourth-order valence-corrected chi connectivity index (χ4v) is 2.95. The lowest BCUT2D eigenvalue weighted by molar-refractivity contribution is 0.0678. The molecule has 0 saturated carbocycles. The van der Waals surface area contributed by atoms with Crippen molar-refractivity contribution in [2.24, 2.45) is 7.05 Å². The van der Waals surface area contributed by atoms with Gasteiger partial charge in [0.25, 0.3) is 5.91 Å². The third kappa shape index (κ3) is 2.88. The average Bonchev–Trinajstić information content (AvgIpc) is 3.15. The Labute approximate surface area is 144 Å². The van der Waals surface area contributed by atoms with Crippen LogP contribution in [0.2, 0.25) is 0 Å². The van der Waals surface area contributed by atoms with Crippen LogP contribution < -0.4 is 0 Å². The van der Waals surface area contributed by atoms with E-state index in [0.717, 1.165) is 22.3 Å². The van der Waals surface area contributed by atoms with E-state index in [1.165, 1.54) is 15.8 Å². The van der Waals surface area contributed by atoms with Gasteiger partial charge in [0.1, 0.15) is 22.6 Å². The first-order chi connectivity index (χ1) is 11.9. The van der Waals surface area contributed by atoms with E-state index in [0.29, 0.717) is 13.0 Å². The van der Waals surface area contributed by atoms with Gasteiger partial charge in [0.05, 0.1) is 6.20 Å². The van der Waals surface area contributed by atoms with E-state index in [2.05, 4.69) is 5.10 Å². The van der Waals surface area contributed by atoms with Gasteiger partial charge in [-0.25, -0.2) is 4.79 Å². The Morgan fingerprint density at radius 3 is 2.72 bits per heavy atom. The highest BCUT2D eigenvalue weighted by molar-refractivity contribution is 6.03. The summed E-state index contributed by atoms with van der Waals surface area (Å²) in [5.41, 5.74) is 1.67. The Kier molecular flexibility index (Phi) is 4.31. The molecule has 2 heterocycles. The van der Waals surface area contributed by atoms with Crippen LogP contribution in [0.3, 0.4) is 0 Å². The summed E-state index contributed by atoms with van der Waals surface area (Å²) >= 11 is 0. The number of carboxylic acid groups (broad SMARTS) is 1. The van der Waals surface area contributed by atoms with Crippen molar-refractivity contribution in [2.45, 2.75) is 19.9 Å². The second kappa shape index (κ2) is 6.43. The molecule has 0 bridgehead atoms. The van der Waals surface area contributed by atoms with Gasteiger partial charge in [0, 0.05) is 38.0 Å². The minimum atomic E-state index is -1.17. The summed E-state index contributed by atoms with van der Waals surface area (Å²) in [5, 5.41) is 14.1. The SMILES string of the molecule is CCc1oc2ccccc2c1CN(C)C(=O)c1c(C(=O)O)cnn1C. The van der Waals surface area contributed by atoms with Crippen molar-refractivity contribution in [2.75, 3.05) is 7.05 Å². The van der Waals surface area contributed by atoms with Gasteiger partial charge < -0.3 is 14.4 Å². The van der Waals surface area contributed by atoms with E-state index in [1.807, 2.05) is 31.2 Å². The van der Waals surface area contributed by atoms with Crippen molar-refractivity contribution in [3.8, 4) is 0 Å². The number of hydrogen-bond acceptors (Lipinski definition) is 4. The van der Waals surface area contributed by atoms with Gasteiger partial charge in [-0.3, -0.25) is 9.48 Å². The van der Waals surface area contributed by atoms with E-state index in [9.17, 15) is 14.7 Å². The van der Waals surface area contributed by atoms with Crippen molar-refractivity contribution in [3.05, 3.63) is 53.0 Å². The van der Waals surface area contributed by atoms with E-state index in [1.54, 1.807) is 14.1 Å². The van der Waals surface area contributed by atoms with Gasteiger partial charge in [0.2, 0.25) is 0 Å². The number of carboxylic acids is 1. The predicted molar refractivity (Wildman–Crippen MR) is 91.6 cm³/mol. The normalized spacial score (nSPS) is 11.0. The Morgan fingerprint density at radius 1 is 1.32 bits per heavy atom. The molecule has 0 aliphatic heterocycles. The van der Waals surface area contributed by atoms with Crippen molar-refractivity contribution in [3.63, 3.8) is 0 Å². The smallest absolute Gasteiger partial charge is 0.339 e. The second-order valence-corrected chi connectivity index (χ2v) is 5.85. The highest BCUT2D eigenvalue weighted by Crippen LogP contribution is 2.27. The Balaban J connectivity index is 1.96. The molecule has 7 heteroatoms. The molecule has 0 spiro atoms. The number of nitrogens with zero attached hydrogens (tertiary/aromatic N) is 3. The lowest BCUT2D eigenvalue weighted by atomic mass is 10.1. The number of furan rings is 1. The fourth-order valence-electron chi connectivity index (χ4n) is 2.95. The van der Waals surface area contributed by atoms with Crippen molar-refractivity contribution >= 4 is 22.8 Å². The second-order valence-electron chi connectivity index (χ2n) is 5.85. The highest BCUT2D eigenvalue weighted by atomic mass is 16.4. The van der Waals surface area contributed by atoms with Crippen LogP contribution >= 0.6 is 0 Å². The van der Waals surface area contributed by atoms with Gasteiger partial charge in [-0.2, -0.15) is 5.10 Å². The minimum Gasteiger partial charge on any atom is -0.478 e. The molecule has 0 aliphatic carbocycles. The molecule has 0 atom stereocenters. The summed E-state index contributed by atoms with van der Waals surface area (Å²) < 4.78 is 7.14. The van der Waals surface area contributed by atoms with Crippen LogP contribution in [0, 0.1) is 0 Å². The molecule has 0 saturated heterocycles. The van der Waals surface area contributed by atoms with Crippen LogP contribution in [0.15, 0.2) is 34.9 Å². The van der Waals surface area contributed by atoms with Crippen LogP contribution in [0.4, 0.5) is 0 Å². The molecule has 3 rings (SSSR count). The summed E-state index contributed by atoms with van der Waals surface area (Å²) in [4.78, 5) is 25.6. The van der Waals surface area contributed by atoms with Crippen LogP contribution in [0.25, 0.3) is 11.0 Å². The molecule has 1 amide bonds. The zero-order valence-electron chi connectivity index (χ0n) is 14.3. The van der Waals surface area contributed by atoms with Gasteiger partial charge in [-0.1, -0.05) is 25.1 Å². The highest BCUT2D eigenvalue weighted by Gasteiger charge is 2.25. The molecule has 1 aromatic carbocycles. The fraction of sp³-hybridized carbons (Fsp3) is 0.278. The first-order valence-electron chi connectivity index (χ1n) is 7.94. The number of rotatable bonds is 5. The van der Waals surface area contributed by atoms with E-state index in [4.69, 9.17) is 4.42 Å². The maximum Gasteiger partial charge on any atom is 0.339 e. The maximum atomic E-state index is 12.8. The molecule has 0 aliphatic rings. The van der Waals surface area contributed by atoms with Gasteiger partial charge in [-0.05, 0) is 6.07 Å². The van der Waals surface area contributed by atoms with Crippen molar-refractivity contribution < 1.29 is 19.1 Å². The lowest BCUT2D eigenvalue weighted by Crippen LogP contribution is -2.29. The van der Waals surface area contributed by atoms with Gasteiger partial charge in [0.15, 0.2) is 0 Å². The zero-order valence-corrected chi connectivity index (χ0v) is 14.3. The Hall–Kier alpha value is -3.09. The topological polar surface area (TPSA) is 88.6 Å². The summed E-state index contributed by atoms with van der Waals surface area (Å²) in [6, 6.07) is 7.67. The third-order valence-electron chi connectivity index (χ3n) is 4.22. The van der Waals surface area contributed by atoms with Crippen LogP contribution in [0.5, 0.6) is 0 Å². The molecule has 7 nitrogen and oxygen atoms in total. The predicted octanol–water partition coefficient (Wildman–Crippen LogP) is 2.70. The molecule has 25 heavy (non-hydrogen) atoms. The largest absolute Gasteiger partial charge is 0.478 e. The molecule has 2 aromatic heterocycles. The number of aromatic carboxylic acids is 1.